The first-order valence-corrected chi connectivity index (χ1v) is 20.5. The van der Waals surface area contributed by atoms with Crippen LogP contribution in [0.1, 0.15) is 80.9 Å². The Morgan fingerprint density at radius 1 is 0.917 bits per heavy atom. The fourth-order valence-corrected chi connectivity index (χ4v) is 7.52. The second-order valence-electron chi connectivity index (χ2n) is 14.5. The van der Waals surface area contributed by atoms with Crippen LogP contribution in [0.25, 0.3) is 22.5 Å². The maximum atomic E-state index is 13.1. The second kappa shape index (κ2) is 25.2. The summed E-state index contributed by atoms with van der Waals surface area (Å²) in [6.45, 7) is 3.48. The summed E-state index contributed by atoms with van der Waals surface area (Å²) >= 11 is 6.25. The number of carboxylic acids is 2. The number of hydrogen-bond donors (Lipinski definition) is 5. The average molecular weight is 867 g/mol. The van der Waals surface area contributed by atoms with Crippen molar-refractivity contribution in [2.24, 2.45) is 5.73 Å². The number of carboxylic acid groups (broad SMARTS) is 2. The minimum atomic E-state index is -1.02. The molecule has 0 aliphatic carbocycles. The van der Waals surface area contributed by atoms with Gasteiger partial charge >= 0.3 is 63.3 Å². The molecule has 0 unspecified atom stereocenters. The average Bonchev–Trinajstić information content (AvgIpc) is 4.03. The van der Waals surface area contributed by atoms with Crippen molar-refractivity contribution in [3.8, 4) is 22.5 Å². The molecule has 0 saturated carbocycles. The van der Waals surface area contributed by atoms with E-state index >= 15 is 0 Å². The summed E-state index contributed by atoms with van der Waals surface area (Å²) in [4.78, 5) is 42.2. The predicted octanol–water partition coefficient (Wildman–Crippen LogP) is 2.14. The number of aryl methyl sites for hydroxylation is 2. The number of nitrogens with zero attached hydrogens (tertiary/aromatic N) is 7. The number of rotatable bonds is 20. The molecular weight excluding hydrogens is 813 g/mol. The first kappa shape index (κ1) is 48.8. The molecule has 5 aromatic rings. The molecule has 0 bridgehead atoms. The van der Waals surface area contributed by atoms with Crippen molar-refractivity contribution in [3.05, 3.63) is 107 Å². The largest absolute Gasteiger partial charge is 1.00 e. The van der Waals surface area contributed by atoms with E-state index in [-0.39, 0.29) is 63.9 Å². The number of aliphatic hydroxyl groups excluding tert-OH is 1. The zero-order valence-corrected chi connectivity index (χ0v) is 38.2. The maximum Gasteiger partial charge on any atom is 1.00 e. The molecule has 3 heterocycles. The van der Waals surface area contributed by atoms with Crippen LogP contribution in [0.2, 0.25) is 5.15 Å². The number of carbonyl (C=O) groups excluding carboxylic acids is 1. The van der Waals surface area contributed by atoms with Gasteiger partial charge in [0.15, 0.2) is 5.15 Å². The van der Waals surface area contributed by atoms with Crippen LogP contribution in [0.5, 0.6) is 0 Å². The number of nitrogens with one attached hydrogen (secondary N) is 1. The van der Waals surface area contributed by atoms with Crippen LogP contribution >= 0.6 is 11.6 Å². The molecule has 1 amide bonds. The summed E-state index contributed by atoms with van der Waals surface area (Å²) in [6, 6.07) is 23.3. The monoisotopic (exact) mass is 865 g/mol. The van der Waals surface area contributed by atoms with E-state index in [1.807, 2.05) is 59.2 Å². The third-order valence-corrected chi connectivity index (χ3v) is 10.7. The van der Waals surface area contributed by atoms with E-state index in [4.69, 9.17) is 17.3 Å². The Kier molecular flexibility index (Phi) is 20.5. The van der Waals surface area contributed by atoms with Crippen LogP contribution in [-0.2, 0) is 40.4 Å². The number of imidazole rings is 1. The van der Waals surface area contributed by atoms with Crippen LogP contribution in [0.4, 0.5) is 0 Å². The Balaban J connectivity index is 0.000000261. The molecule has 314 valence electrons. The standard InChI is InChI=1S/C22H22ClN6O.C21H31N3O5.K/c1-2-3-8-20-24-21(23)19(14-30)29(20)13-15-9-11-16(12-10-15)17-6-4-5-7-18(17)22-25-27-28-26-22;22-13-5-4-9-16(19(25)24-14-6-10-18(24)21(28)29)23-17(20(26)27)12-11-15-7-2-1-3-8-15;/h4-7,9-12,30H,2-3,8,13-14H2,1H3;1-3,7-8,16-18,23H,4-6,9-14,22H2,(H,26,27)(H,28,29);/q-1;;+1/t;16-,17-,18-;/m.0./s1. The van der Waals surface area contributed by atoms with Crippen LogP contribution < -0.4 is 67.5 Å². The summed E-state index contributed by atoms with van der Waals surface area (Å²) in [5, 5.41) is 47.3. The Morgan fingerprint density at radius 2 is 1.63 bits per heavy atom. The minimum Gasteiger partial charge on any atom is -0.480 e. The van der Waals surface area contributed by atoms with E-state index in [0.29, 0.717) is 74.8 Å². The van der Waals surface area contributed by atoms with Crippen LogP contribution in [0, 0.1) is 0 Å². The van der Waals surface area contributed by atoms with Gasteiger partial charge in [-0.05, 0) is 79.3 Å². The number of halogens is 1. The minimum absolute atomic E-state index is 0. The van der Waals surface area contributed by atoms with Gasteiger partial charge in [0.1, 0.15) is 17.9 Å². The summed E-state index contributed by atoms with van der Waals surface area (Å²) < 4.78 is 2.02. The molecule has 3 aromatic carbocycles. The van der Waals surface area contributed by atoms with E-state index in [2.05, 4.69) is 62.1 Å². The normalized spacial score (nSPS) is 14.5. The SMILES string of the molecule is CCCCc1nc(Cl)c(CO)n1Cc1ccc(-c2ccccc2-c2nnn[n-]2)cc1.NCCCC[C@H](N[C@@H](CCc1ccccc1)C(=O)O)C(=O)N1CCC[C@H]1C(=O)O.[K+]. The Morgan fingerprint density at radius 3 is 2.27 bits per heavy atom. The van der Waals surface area contributed by atoms with Gasteiger partial charge in [-0.25, -0.2) is 9.78 Å². The molecule has 15 nitrogen and oxygen atoms in total. The van der Waals surface area contributed by atoms with Gasteiger partial charge < -0.3 is 35.6 Å². The molecule has 60 heavy (non-hydrogen) atoms. The first-order valence-electron chi connectivity index (χ1n) is 20.1. The first-order chi connectivity index (χ1) is 28.6. The van der Waals surface area contributed by atoms with E-state index < -0.39 is 30.1 Å². The molecule has 0 spiro atoms. The zero-order valence-electron chi connectivity index (χ0n) is 34.3. The second-order valence-corrected chi connectivity index (χ2v) is 14.9. The van der Waals surface area contributed by atoms with E-state index in [9.17, 15) is 29.7 Å². The molecule has 1 aliphatic rings. The van der Waals surface area contributed by atoms with Gasteiger partial charge in [0.25, 0.3) is 0 Å². The summed E-state index contributed by atoms with van der Waals surface area (Å²) in [7, 11) is 0. The fourth-order valence-electron chi connectivity index (χ4n) is 7.26. The number of tetrazole rings is 1. The molecule has 6 rings (SSSR count). The predicted molar refractivity (Wildman–Crippen MR) is 223 cm³/mol. The molecule has 0 radical (unpaired) electrons. The van der Waals surface area contributed by atoms with Crippen molar-refractivity contribution >= 4 is 29.4 Å². The number of aliphatic hydroxyl groups is 1. The maximum absolute atomic E-state index is 13.1. The quantitative estimate of drug-likeness (QED) is 0.0560. The third kappa shape index (κ3) is 13.6. The van der Waals surface area contributed by atoms with Crippen LogP contribution in [0.15, 0.2) is 78.9 Å². The molecule has 1 fully saturated rings. The van der Waals surface area contributed by atoms with Gasteiger partial charge in [-0.15, -0.1) is 0 Å². The van der Waals surface area contributed by atoms with Crippen LogP contribution in [0.3, 0.4) is 0 Å². The molecule has 6 N–H and O–H groups in total. The van der Waals surface area contributed by atoms with Gasteiger partial charge in [-0.2, -0.15) is 5.21 Å². The third-order valence-electron chi connectivity index (χ3n) is 10.4. The fraction of sp³-hybridized carbons (Fsp3) is 0.419. The van der Waals surface area contributed by atoms with Crippen molar-refractivity contribution in [1.29, 1.82) is 0 Å². The number of nitrogens with two attached hydrogens (primary N) is 1. The number of amides is 1. The van der Waals surface area contributed by atoms with Crippen molar-refractivity contribution in [2.75, 3.05) is 13.1 Å². The van der Waals surface area contributed by atoms with Gasteiger partial charge in [-0.3, -0.25) is 25.2 Å². The number of hydrogen-bond acceptors (Lipinski definition) is 10. The molecule has 3 atom stereocenters. The van der Waals surface area contributed by atoms with Crippen molar-refractivity contribution < 1.29 is 81.1 Å². The Bertz CT molecular complexity index is 2090. The smallest absolute Gasteiger partial charge is 0.480 e. The van der Waals surface area contributed by atoms with Crippen LogP contribution in [-0.4, -0.2) is 94.4 Å². The number of aromatic nitrogens is 6. The van der Waals surface area contributed by atoms with Crippen molar-refractivity contribution in [2.45, 2.75) is 102 Å². The van der Waals surface area contributed by atoms with Gasteiger partial charge in [-0.1, -0.05) is 110 Å². The molecular formula is C43H53ClKN9O6. The Hall–Kier alpha value is -3.84. The molecule has 17 heteroatoms. The molecule has 1 saturated heterocycles. The summed E-state index contributed by atoms with van der Waals surface area (Å²) in [5.41, 5.74) is 11.3. The number of likely N-dealkylation sites (tertiary alicyclic amines) is 1. The van der Waals surface area contributed by atoms with E-state index in [1.54, 1.807) is 0 Å². The van der Waals surface area contributed by atoms with E-state index in [1.165, 1.54) is 4.90 Å². The van der Waals surface area contributed by atoms with Gasteiger partial charge in [0.05, 0.1) is 18.3 Å². The number of benzene rings is 3. The van der Waals surface area contributed by atoms with Gasteiger partial charge in [0.2, 0.25) is 5.91 Å². The van der Waals surface area contributed by atoms with Crippen molar-refractivity contribution in [1.82, 2.24) is 40.4 Å². The van der Waals surface area contributed by atoms with Gasteiger partial charge in [0, 0.05) is 25.3 Å². The van der Waals surface area contributed by atoms with Crippen molar-refractivity contribution in [3.63, 3.8) is 0 Å². The number of unbranched alkanes of at least 4 members (excludes halogenated alkanes) is 2. The number of carbonyl (C=O) groups is 3. The molecule has 1 aliphatic heterocycles. The summed E-state index contributed by atoms with van der Waals surface area (Å²) in [5.74, 6) is -0.952. The number of aliphatic carboxylic acids is 2. The zero-order chi connectivity index (χ0) is 42.1. The topological polar surface area (TPSA) is 224 Å². The Labute approximate surface area is 397 Å². The summed E-state index contributed by atoms with van der Waals surface area (Å²) in [6.07, 6.45) is 6.70. The molecule has 2 aromatic heterocycles. The van der Waals surface area contributed by atoms with E-state index in [0.717, 1.165) is 59.3 Å².